The summed E-state index contributed by atoms with van der Waals surface area (Å²) in [6.07, 6.45) is 0. The normalized spacial score (nSPS) is 11.2. The van der Waals surface area contributed by atoms with E-state index in [9.17, 15) is 9.59 Å². The lowest BCUT2D eigenvalue weighted by Gasteiger charge is -2.14. The highest BCUT2D eigenvalue weighted by Crippen LogP contribution is 2.38. The first-order valence-corrected chi connectivity index (χ1v) is 8.70. The predicted molar refractivity (Wildman–Crippen MR) is 102 cm³/mol. The van der Waals surface area contributed by atoms with Crippen molar-refractivity contribution in [2.75, 3.05) is 14.2 Å². The molecule has 8 nitrogen and oxygen atoms in total. The molecule has 2 heterocycles. The Morgan fingerprint density at radius 1 is 1.15 bits per heavy atom. The first-order chi connectivity index (χ1) is 12.3. The van der Waals surface area contributed by atoms with Gasteiger partial charge in [0.05, 0.1) is 25.2 Å². The van der Waals surface area contributed by atoms with Gasteiger partial charge in [0.2, 0.25) is 5.28 Å². The second kappa shape index (κ2) is 6.81. The summed E-state index contributed by atoms with van der Waals surface area (Å²) >= 11 is 9.77. The van der Waals surface area contributed by atoms with Crippen LogP contribution in [0, 0.1) is 0 Å². The van der Waals surface area contributed by atoms with Crippen LogP contribution in [0.3, 0.4) is 0 Å². The Balaban J connectivity index is 2.24. The third-order valence-electron chi connectivity index (χ3n) is 4.19. The van der Waals surface area contributed by atoms with E-state index in [2.05, 4.69) is 20.9 Å². The molecule has 26 heavy (non-hydrogen) atoms. The number of rotatable bonds is 4. The molecule has 0 atom stereocenters. The van der Waals surface area contributed by atoms with E-state index in [0.29, 0.717) is 16.0 Å². The average Bonchev–Trinajstić information content (AvgIpc) is 2.96. The number of imidazole rings is 1. The third-order valence-corrected chi connectivity index (χ3v) is 5.35. The van der Waals surface area contributed by atoms with Crippen LogP contribution >= 0.6 is 27.5 Å². The van der Waals surface area contributed by atoms with Gasteiger partial charge in [0.25, 0.3) is 5.56 Å². The van der Waals surface area contributed by atoms with Crippen molar-refractivity contribution in [2.24, 2.45) is 14.1 Å². The molecule has 0 saturated carbocycles. The molecule has 0 aliphatic heterocycles. The zero-order chi connectivity index (χ0) is 19.2. The molecule has 138 valence electrons. The Hall–Kier alpha value is -2.26. The van der Waals surface area contributed by atoms with Crippen LogP contribution in [0.25, 0.3) is 11.2 Å². The average molecular weight is 444 g/mol. The molecule has 10 heteroatoms. The van der Waals surface area contributed by atoms with Gasteiger partial charge in [-0.3, -0.25) is 13.9 Å². The van der Waals surface area contributed by atoms with Crippen molar-refractivity contribution in [3.8, 4) is 11.5 Å². The minimum atomic E-state index is -0.462. The molecule has 0 radical (unpaired) electrons. The van der Waals surface area contributed by atoms with Crippen LogP contribution < -0.4 is 20.7 Å². The maximum atomic E-state index is 12.6. The van der Waals surface area contributed by atoms with Crippen LogP contribution in [-0.2, 0) is 20.6 Å². The van der Waals surface area contributed by atoms with E-state index in [-0.39, 0.29) is 23.0 Å². The highest BCUT2D eigenvalue weighted by Gasteiger charge is 2.20. The summed E-state index contributed by atoms with van der Waals surface area (Å²) in [4.78, 5) is 28.9. The number of aromatic nitrogens is 4. The summed E-state index contributed by atoms with van der Waals surface area (Å²) < 4.78 is 15.2. The summed E-state index contributed by atoms with van der Waals surface area (Å²) in [5.74, 6) is 1.11. The van der Waals surface area contributed by atoms with Crippen LogP contribution in [0.15, 0.2) is 26.2 Å². The predicted octanol–water partition coefficient (Wildman–Crippen LogP) is 1.92. The van der Waals surface area contributed by atoms with Gasteiger partial charge in [0, 0.05) is 14.1 Å². The zero-order valence-electron chi connectivity index (χ0n) is 14.5. The molecule has 3 rings (SSSR count). The Morgan fingerprint density at radius 2 is 1.85 bits per heavy atom. The molecule has 1 aromatic carbocycles. The first-order valence-electron chi connectivity index (χ1n) is 7.52. The van der Waals surface area contributed by atoms with E-state index in [1.807, 2.05) is 6.07 Å². The Labute approximate surface area is 161 Å². The number of ether oxygens (including phenoxy) is 2. The SMILES string of the molecule is COc1ccc(Cn2c(Cl)nc3c2c(=O)n(C)c(=O)n3C)c(Br)c1OC. The number of aryl methyl sites for hydroxylation is 1. The van der Waals surface area contributed by atoms with Gasteiger partial charge >= 0.3 is 5.69 Å². The molecule has 2 aromatic heterocycles. The first kappa shape index (κ1) is 18.5. The second-order valence-electron chi connectivity index (χ2n) is 5.62. The summed E-state index contributed by atoms with van der Waals surface area (Å²) in [5.41, 5.74) is 0.371. The number of nitrogens with zero attached hydrogens (tertiary/aromatic N) is 4. The summed E-state index contributed by atoms with van der Waals surface area (Å²) in [6, 6.07) is 3.60. The van der Waals surface area contributed by atoms with E-state index in [0.717, 1.165) is 10.1 Å². The van der Waals surface area contributed by atoms with Crippen LogP contribution in [0.2, 0.25) is 5.28 Å². The van der Waals surface area contributed by atoms with E-state index in [1.165, 1.54) is 18.7 Å². The van der Waals surface area contributed by atoms with Crippen molar-refractivity contribution in [1.29, 1.82) is 0 Å². The Bertz CT molecular complexity index is 1130. The quantitative estimate of drug-likeness (QED) is 0.576. The van der Waals surface area contributed by atoms with Crippen molar-refractivity contribution in [3.63, 3.8) is 0 Å². The topological polar surface area (TPSA) is 80.3 Å². The number of hydrogen-bond acceptors (Lipinski definition) is 5. The van der Waals surface area contributed by atoms with Gasteiger partial charge in [-0.25, -0.2) is 4.79 Å². The third kappa shape index (κ3) is 2.71. The molecular formula is C16H16BrClN4O4. The summed E-state index contributed by atoms with van der Waals surface area (Å²) in [6.45, 7) is 0.254. The maximum absolute atomic E-state index is 12.6. The van der Waals surface area contributed by atoms with Crippen molar-refractivity contribution in [1.82, 2.24) is 18.7 Å². The largest absolute Gasteiger partial charge is 0.493 e. The molecule has 0 N–H and O–H groups in total. The van der Waals surface area contributed by atoms with E-state index >= 15 is 0 Å². The minimum Gasteiger partial charge on any atom is -0.493 e. The monoisotopic (exact) mass is 442 g/mol. The molecule has 0 unspecified atom stereocenters. The molecule has 0 saturated heterocycles. The number of halogens is 2. The molecule has 0 bridgehead atoms. The van der Waals surface area contributed by atoms with Gasteiger partial charge in [-0.15, -0.1) is 0 Å². The smallest absolute Gasteiger partial charge is 0.332 e. The fraction of sp³-hybridized carbons (Fsp3) is 0.312. The second-order valence-corrected chi connectivity index (χ2v) is 6.75. The zero-order valence-corrected chi connectivity index (χ0v) is 16.9. The lowest BCUT2D eigenvalue weighted by Crippen LogP contribution is -2.37. The van der Waals surface area contributed by atoms with Gasteiger partial charge < -0.3 is 14.0 Å². The van der Waals surface area contributed by atoms with E-state index in [4.69, 9.17) is 21.1 Å². The van der Waals surface area contributed by atoms with E-state index < -0.39 is 11.2 Å². The van der Waals surface area contributed by atoms with Gasteiger partial charge in [-0.05, 0) is 39.2 Å². The molecule has 0 spiro atoms. The van der Waals surface area contributed by atoms with Gasteiger partial charge in [0.1, 0.15) is 0 Å². The van der Waals surface area contributed by atoms with Crippen LogP contribution in [-0.4, -0.2) is 32.9 Å². The Kier molecular flexibility index (Phi) is 4.85. The van der Waals surface area contributed by atoms with Crippen LogP contribution in [0.1, 0.15) is 5.56 Å². The van der Waals surface area contributed by atoms with Crippen molar-refractivity contribution >= 4 is 38.7 Å². The fourth-order valence-electron chi connectivity index (χ4n) is 2.79. The molecule has 0 amide bonds. The minimum absolute atomic E-state index is 0.111. The number of benzene rings is 1. The van der Waals surface area contributed by atoms with E-state index in [1.54, 1.807) is 24.8 Å². The molecule has 0 aliphatic rings. The summed E-state index contributed by atoms with van der Waals surface area (Å²) in [7, 11) is 6.05. The highest BCUT2D eigenvalue weighted by molar-refractivity contribution is 9.10. The standard InChI is InChI=1S/C16H16BrClN4O4/c1-20-13-11(14(23)21(2)16(20)24)22(15(18)19-13)7-8-5-6-9(25-3)12(26-4)10(8)17/h5-6H,7H2,1-4H3. The van der Waals surface area contributed by atoms with Crippen molar-refractivity contribution in [2.45, 2.75) is 6.54 Å². The molecule has 0 aliphatic carbocycles. The van der Waals surface area contributed by atoms with Crippen LogP contribution in [0.5, 0.6) is 11.5 Å². The molecule has 0 fully saturated rings. The summed E-state index contributed by atoms with van der Waals surface area (Å²) in [5, 5.41) is 0.111. The van der Waals surface area contributed by atoms with Crippen molar-refractivity contribution in [3.05, 3.63) is 48.3 Å². The van der Waals surface area contributed by atoms with Gasteiger partial charge in [-0.1, -0.05) is 6.07 Å². The van der Waals surface area contributed by atoms with Crippen LogP contribution in [0.4, 0.5) is 0 Å². The lowest BCUT2D eigenvalue weighted by atomic mass is 10.2. The number of fused-ring (bicyclic) bond motifs is 1. The van der Waals surface area contributed by atoms with Gasteiger partial charge in [0.15, 0.2) is 22.7 Å². The fourth-order valence-corrected chi connectivity index (χ4v) is 3.63. The lowest BCUT2D eigenvalue weighted by molar-refractivity contribution is 0.352. The Morgan fingerprint density at radius 3 is 2.46 bits per heavy atom. The van der Waals surface area contributed by atoms with Gasteiger partial charge in [-0.2, -0.15) is 4.98 Å². The maximum Gasteiger partial charge on any atom is 0.332 e. The highest BCUT2D eigenvalue weighted by atomic mass is 79.9. The number of hydrogen-bond donors (Lipinski definition) is 0. The molecular weight excluding hydrogens is 428 g/mol. The molecule has 3 aromatic rings. The van der Waals surface area contributed by atoms with Crippen molar-refractivity contribution < 1.29 is 9.47 Å². The number of methoxy groups -OCH3 is 2.